The van der Waals surface area contributed by atoms with E-state index < -0.39 is 6.10 Å². The molecular weight excluding hydrogens is 344 g/mol. The zero-order valence-corrected chi connectivity index (χ0v) is 17.5. The van der Waals surface area contributed by atoms with Crippen LogP contribution in [-0.4, -0.2) is 17.8 Å². The lowest BCUT2D eigenvalue weighted by molar-refractivity contribution is 0.0977. The molecular formula is C26H37O2. The lowest BCUT2D eigenvalue weighted by Gasteiger charge is -2.15. The maximum Gasteiger partial charge on any atom is 0.127 e. The van der Waals surface area contributed by atoms with Crippen LogP contribution in [0, 0.1) is 6.07 Å². The molecule has 0 aliphatic heterocycles. The summed E-state index contributed by atoms with van der Waals surface area (Å²) in [6.45, 7) is 2.61. The van der Waals surface area contributed by atoms with Crippen molar-refractivity contribution in [1.82, 2.24) is 0 Å². The molecule has 0 fully saturated rings. The molecule has 2 rings (SSSR count). The van der Waals surface area contributed by atoms with Gasteiger partial charge in [-0.05, 0) is 24.1 Å². The maximum absolute atomic E-state index is 10.3. The summed E-state index contributed by atoms with van der Waals surface area (Å²) in [5.74, 6) is 0.788. The molecule has 0 aliphatic carbocycles. The molecule has 0 spiro atoms. The molecule has 0 saturated carbocycles. The van der Waals surface area contributed by atoms with Gasteiger partial charge in [-0.3, -0.25) is 0 Å². The van der Waals surface area contributed by atoms with Gasteiger partial charge in [0.15, 0.2) is 0 Å². The summed E-state index contributed by atoms with van der Waals surface area (Å²) in [7, 11) is 0. The van der Waals surface area contributed by atoms with Crippen molar-refractivity contribution in [3.8, 4) is 16.9 Å². The van der Waals surface area contributed by atoms with Crippen LogP contribution in [0.4, 0.5) is 0 Å². The minimum absolute atomic E-state index is 0.342. The summed E-state index contributed by atoms with van der Waals surface area (Å²) in [4.78, 5) is 0. The Hall–Kier alpha value is -1.80. The summed E-state index contributed by atoms with van der Waals surface area (Å²) < 4.78 is 5.91. The number of unbranched alkanes of at least 4 members (excludes halogenated alkanes) is 9. The molecule has 0 bridgehead atoms. The lowest BCUT2D eigenvalue weighted by Crippen LogP contribution is -2.17. The highest BCUT2D eigenvalue weighted by Crippen LogP contribution is 2.29. The first kappa shape index (κ1) is 22.5. The first-order valence-electron chi connectivity index (χ1n) is 11.2. The Morgan fingerprint density at radius 1 is 0.821 bits per heavy atom. The van der Waals surface area contributed by atoms with Crippen LogP contribution in [-0.2, 0) is 0 Å². The van der Waals surface area contributed by atoms with E-state index >= 15 is 0 Å². The lowest BCUT2D eigenvalue weighted by atomic mass is 10.0. The highest BCUT2D eigenvalue weighted by atomic mass is 16.5. The van der Waals surface area contributed by atoms with Crippen molar-refractivity contribution >= 4 is 0 Å². The smallest absolute Gasteiger partial charge is 0.127 e. The molecule has 1 radical (unpaired) electrons. The van der Waals surface area contributed by atoms with Gasteiger partial charge in [0, 0.05) is 5.56 Å². The first-order valence-corrected chi connectivity index (χ1v) is 11.2. The monoisotopic (exact) mass is 381 g/mol. The Bertz CT molecular complexity index is 623. The molecule has 1 atom stereocenters. The number of hydrogen-bond donors (Lipinski definition) is 1. The normalized spacial score (nSPS) is 12.1. The van der Waals surface area contributed by atoms with Gasteiger partial charge in [-0.15, -0.1) is 0 Å². The molecule has 28 heavy (non-hydrogen) atoms. The third-order valence-electron chi connectivity index (χ3n) is 5.20. The summed E-state index contributed by atoms with van der Waals surface area (Å²) in [6, 6.07) is 19.2. The fraction of sp³-hybridized carbons (Fsp3) is 0.538. The van der Waals surface area contributed by atoms with Crippen molar-refractivity contribution in [3.05, 3.63) is 54.6 Å². The quantitative estimate of drug-likeness (QED) is 0.330. The molecule has 0 amide bonds. The van der Waals surface area contributed by atoms with Crippen molar-refractivity contribution < 1.29 is 9.84 Å². The van der Waals surface area contributed by atoms with Gasteiger partial charge < -0.3 is 9.84 Å². The van der Waals surface area contributed by atoms with Gasteiger partial charge in [0.2, 0.25) is 0 Å². The topological polar surface area (TPSA) is 29.5 Å². The van der Waals surface area contributed by atoms with Crippen molar-refractivity contribution in [3.63, 3.8) is 0 Å². The van der Waals surface area contributed by atoms with Crippen LogP contribution in [0.2, 0.25) is 0 Å². The van der Waals surface area contributed by atoms with E-state index in [4.69, 9.17) is 4.74 Å². The van der Waals surface area contributed by atoms with Gasteiger partial charge >= 0.3 is 0 Å². The zero-order chi connectivity index (χ0) is 19.9. The van der Waals surface area contributed by atoms with Crippen molar-refractivity contribution in [2.75, 3.05) is 6.61 Å². The molecule has 2 aromatic carbocycles. The van der Waals surface area contributed by atoms with Crippen LogP contribution in [0.15, 0.2) is 48.5 Å². The molecule has 153 valence electrons. The average Bonchev–Trinajstić information content (AvgIpc) is 2.74. The average molecular weight is 382 g/mol. The molecule has 2 heteroatoms. The van der Waals surface area contributed by atoms with Crippen LogP contribution in [0.5, 0.6) is 5.75 Å². The van der Waals surface area contributed by atoms with Gasteiger partial charge in [-0.1, -0.05) is 114 Å². The van der Waals surface area contributed by atoms with Gasteiger partial charge in [-0.25, -0.2) is 0 Å². The Morgan fingerprint density at radius 3 is 2.14 bits per heavy atom. The minimum Gasteiger partial charge on any atom is -0.490 e. The maximum atomic E-state index is 10.3. The summed E-state index contributed by atoms with van der Waals surface area (Å²) in [6.07, 6.45) is 13.6. The van der Waals surface area contributed by atoms with E-state index in [9.17, 15) is 5.11 Å². The van der Waals surface area contributed by atoms with Crippen molar-refractivity contribution in [2.24, 2.45) is 0 Å². The van der Waals surface area contributed by atoms with E-state index in [1.54, 1.807) is 0 Å². The number of benzene rings is 2. The molecule has 2 aromatic rings. The second-order valence-corrected chi connectivity index (χ2v) is 7.71. The predicted octanol–water partition coefficient (Wildman–Crippen LogP) is 7.20. The van der Waals surface area contributed by atoms with Crippen LogP contribution in [0.3, 0.4) is 0 Å². The number of aliphatic hydroxyl groups excluding tert-OH is 1. The third-order valence-corrected chi connectivity index (χ3v) is 5.20. The Labute approximate surface area is 172 Å². The highest BCUT2D eigenvalue weighted by Gasteiger charge is 2.09. The molecule has 2 nitrogen and oxygen atoms in total. The fourth-order valence-corrected chi connectivity index (χ4v) is 3.51. The molecule has 1 unspecified atom stereocenters. The second-order valence-electron chi connectivity index (χ2n) is 7.71. The number of aliphatic hydroxyl groups is 1. The van der Waals surface area contributed by atoms with Crippen LogP contribution in [0.25, 0.3) is 11.1 Å². The van der Waals surface area contributed by atoms with Crippen LogP contribution < -0.4 is 4.74 Å². The van der Waals surface area contributed by atoms with E-state index in [-0.39, 0.29) is 0 Å². The first-order chi connectivity index (χ1) is 13.8. The highest BCUT2D eigenvalue weighted by molar-refractivity contribution is 5.69. The van der Waals surface area contributed by atoms with Crippen molar-refractivity contribution in [2.45, 2.75) is 83.7 Å². The van der Waals surface area contributed by atoms with E-state index in [1.807, 2.05) is 36.4 Å². The molecule has 0 heterocycles. The minimum atomic E-state index is -0.405. The third kappa shape index (κ3) is 8.93. The summed E-state index contributed by atoms with van der Waals surface area (Å²) in [5.41, 5.74) is 2.04. The van der Waals surface area contributed by atoms with Crippen LogP contribution in [0.1, 0.15) is 77.6 Å². The van der Waals surface area contributed by atoms with E-state index in [0.717, 1.165) is 29.7 Å². The van der Waals surface area contributed by atoms with E-state index in [1.165, 1.54) is 57.8 Å². The van der Waals surface area contributed by atoms with Gasteiger partial charge in [-0.2, -0.15) is 0 Å². The van der Waals surface area contributed by atoms with Gasteiger partial charge in [0.25, 0.3) is 0 Å². The Morgan fingerprint density at radius 2 is 1.46 bits per heavy atom. The Kier molecular flexibility index (Phi) is 11.4. The number of ether oxygens (including phenoxy) is 1. The van der Waals surface area contributed by atoms with E-state index in [2.05, 4.69) is 25.1 Å². The molecule has 0 aromatic heterocycles. The largest absolute Gasteiger partial charge is 0.490 e. The summed E-state index contributed by atoms with van der Waals surface area (Å²) in [5, 5.41) is 10.3. The molecule has 0 aliphatic rings. The van der Waals surface area contributed by atoms with Crippen molar-refractivity contribution in [1.29, 1.82) is 0 Å². The van der Waals surface area contributed by atoms with Gasteiger partial charge in [0.1, 0.15) is 12.4 Å². The fourth-order valence-electron chi connectivity index (χ4n) is 3.51. The zero-order valence-electron chi connectivity index (χ0n) is 17.5. The SMILES string of the molecule is CCCCCCCCCCCCC(O)COc1ccc[c]c1-c1ccccc1. The second kappa shape index (κ2) is 14.2. The van der Waals surface area contributed by atoms with Crippen LogP contribution >= 0.6 is 0 Å². The van der Waals surface area contributed by atoms with E-state index in [0.29, 0.717) is 6.61 Å². The number of rotatable bonds is 15. The summed E-state index contributed by atoms with van der Waals surface area (Å²) >= 11 is 0. The standard InChI is InChI=1S/C26H37O2/c1-2-3-4-5-6-7-8-9-10-14-19-24(27)22-28-26-21-16-15-20-25(26)23-17-12-11-13-18-23/h11-13,15-18,21,24,27H,2-10,14,19,22H2,1H3. The van der Waals surface area contributed by atoms with Gasteiger partial charge in [0.05, 0.1) is 6.10 Å². The number of hydrogen-bond acceptors (Lipinski definition) is 2. The Balaban J connectivity index is 1.59. The molecule has 0 saturated heterocycles. The molecule has 1 N–H and O–H groups in total. The predicted molar refractivity (Wildman–Crippen MR) is 119 cm³/mol.